The van der Waals surface area contributed by atoms with Gasteiger partial charge in [0.05, 0.1) is 23.8 Å². The van der Waals surface area contributed by atoms with E-state index in [9.17, 15) is 4.79 Å². The quantitative estimate of drug-likeness (QED) is 0.430. The van der Waals surface area contributed by atoms with Gasteiger partial charge < -0.3 is 8.98 Å². The summed E-state index contributed by atoms with van der Waals surface area (Å²) in [6, 6.07) is 9.63. The lowest BCUT2D eigenvalue weighted by molar-refractivity contribution is 0.0924. The molecule has 0 saturated carbocycles. The van der Waals surface area contributed by atoms with E-state index in [2.05, 4.69) is 10.4 Å². The highest BCUT2D eigenvalue weighted by Gasteiger charge is 2.16. The Morgan fingerprint density at radius 3 is 3.00 bits per heavy atom. The van der Waals surface area contributed by atoms with Crippen molar-refractivity contribution in [1.82, 2.24) is 15.0 Å². The van der Waals surface area contributed by atoms with Crippen LogP contribution in [0.3, 0.4) is 0 Å². The Bertz CT molecular complexity index is 772. The first-order valence-electron chi connectivity index (χ1n) is 6.20. The summed E-state index contributed by atoms with van der Waals surface area (Å²) in [6.07, 6.45) is 1.48. The number of fused-ring (bicyclic) bond motifs is 1. The molecule has 3 aromatic rings. The maximum atomic E-state index is 11.6. The number of nitrogens with zero attached hydrogens (tertiary/aromatic N) is 2. The average molecular weight is 270 g/mol. The van der Waals surface area contributed by atoms with Crippen LogP contribution in [0.15, 0.2) is 41.0 Å². The van der Waals surface area contributed by atoms with Crippen molar-refractivity contribution in [3.05, 3.63) is 53.7 Å². The van der Waals surface area contributed by atoms with E-state index in [0.29, 0.717) is 6.54 Å². The van der Waals surface area contributed by atoms with Crippen molar-refractivity contribution in [3.8, 4) is 0 Å². The summed E-state index contributed by atoms with van der Waals surface area (Å²) in [5.41, 5.74) is 4.79. The number of nitrogens with one attached hydrogen (secondary N) is 1. The van der Waals surface area contributed by atoms with Crippen molar-refractivity contribution < 1.29 is 9.21 Å². The summed E-state index contributed by atoms with van der Waals surface area (Å²) in [6.45, 7) is 2.44. The second kappa shape index (κ2) is 4.82. The molecular formula is C14H14N4O2. The van der Waals surface area contributed by atoms with Crippen LogP contribution in [0.2, 0.25) is 0 Å². The van der Waals surface area contributed by atoms with Crippen LogP contribution in [0.25, 0.3) is 11.0 Å². The molecule has 1 amide bonds. The summed E-state index contributed by atoms with van der Waals surface area (Å²) >= 11 is 0. The van der Waals surface area contributed by atoms with Gasteiger partial charge in [-0.1, -0.05) is 12.1 Å². The summed E-state index contributed by atoms with van der Waals surface area (Å²) < 4.78 is 7.23. The minimum absolute atomic E-state index is 0.227. The van der Waals surface area contributed by atoms with E-state index in [-0.39, 0.29) is 5.76 Å². The van der Waals surface area contributed by atoms with Crippen LogP contribution < -0.4 is 11.3 Å². The minimum Gasteiger partial charge on any atom is -0.459 e. The van der Waals surface area contributed by atoms with Crippen LogP contribution in [0.4, 0.5) is 0 Å². The number of para-hydroxylation sites is 2. The topological polar surface area (TPSA) is 86.1 Å². The lowest BCUT2D eigenvalue weighted by Crippen LogP contribution is -2.30. The number of hydrogen-bond donors (Lipinski definition) is 2. The summed E-state index contributed by atoms with van der Waals surface area (Å²) in [5, 5.41) is 0. The first-order valence-corrected chi connectivity index (χ1v) is 6.20. The van der Waals surface area contributed by atoms with Crippen LogP contribution in [0.1, 0.15) is 21.9 Å². The molecule has 0 spiro atoms. The molecule has 0 aliphatic heterocycles. The fraction of sp³-hybridized carbons (Fsp3) is 0.143. The van der Waals surface area contributed by atoms with E-state index >= 15 is 0 Å². The summed E-state index contributed by atoms with van der Waals surface area (Å²) in [5.74, 6) is 5.82. The Balaban J connectivity index is 2.04. The first-order chi connectivity index (χ1) is 9.70. The molecule has 0 aliphatic carbocycles. The van der Waals surface area contributed by atoms with E-state index in [4.69, 9.17) is 10.3 Å². The molecule has 2 aromatic heterocycles. The van der Waals surface area contributed by atoms with Crippen molar-refractivity contribution in [1.29, 1.82) is 0 Å². The number of amides is 1. The van der Waals surface area contributed by atoms with Gasteiger partial charge in [-0.15, -0.1) is 0 Å². The highest BCUT2D eigenvalue weighted by molar-refractivity contribution is 5.92. The molecule has 0 fully saturated rings. The van der Waals surface area contributed by atoms with Crippen LogP contribution >= 0.6 is 0 Å². The fourth-order valence-corrected chi connectivity index (χ4v) is 2.29. The van der Waals surface area contributed by atoms with Crippen LogP contribution in [-0.4, -0.2) is 15.5 Å². The zero-order chi connectivity index (χ0) is 14.1. The van der Waals surface area contributed by atoms with Crippen molar-refractivity contribution in [2.24, 2.45) is 5.84 Å². The molecule has 0 unspecified atom stereocenters. The number of nitrogens with two attached hydrogens (primary N) is 1. The van der Waals surface area contributed by atoms with Gasteiger partial charge in [0, 0.05) is 5.56 Å². The molecule has 0 bridgehead atoms. The molecule has 20 heavy (non-hydrogen) atoms. The van der Waals surface area contributed by atoms with Gasteiger partial charge in [0.15, 0.2) is 5.76 Å². The second-order valence-corrected chi connectivity index (χ2v) is 4.48. The molecule has 3 rings (SSSR count). The molecule has 1 aromatic carbocycles. The van der Waals surface area contributed by atoms with Crippen LogP contribution in [0.5, 0.6) is 0 Å². The number of aryl methyl sites for hydroxylation is 1. The number of rotatable bonds is 3. The van der Waals surface area contributed by atoms with Gasteiger partial charge >= 0.3 is 5.91 Å². The standard InChI is InChI=1S/C14H14N4O2/c1-9-16-11-4-2-3-5-12(11)18(9)8-10-6-7-20-13(10)14(19)17-15/h2-7H,8,15H2,1H3,(H,17,19). The lowest BCUT2D eigenvalue weighted by Gasteiger charge is -2.06. The predicted molar refractivity (Wildman–Crippen MR) is 73.9 cm³/mol. The predicted octanol–water partition coefficient (Wildman–Crippen LogP) is 1.59. The zero-order valence-corrected chi connectivity index (χ0v) is 11.0. The van der Waals surface area contributed by atoms with Gasteiger partial charge in [-0.25, -0.2) is 10.8 Å². The Morgan fingerprint density at radius 1 is 1.40 bits per heavy atom. The van der Waals surface area contributed by atoms with Gasteiger partial charge in [-0.2, -0.15) is 0 Å². The number of benzene rings is 1. The van der Waals surface area contributed by atoms with Crippen molar-refractivity contribution in [3.63, 3.8) is 0 Å². The lowest BCUT2D eigenvalue weighted by atomic mass is 10.2. The Morgan fingerprint density at radius 2 is 2.20 bits per heavy atom. The Labute approximate surface area is 115 Å². The SMILES string of the molecule is Cc1nc2ccccc2n1Cc1ccoc1C(=O)NN. The molecule has 0 atom stereocenters. The van der Waals surface area contributed by atoms with E-state index in [1.54, 1.807) is 6.07 Å². The van der Waals surface area contributed by atoms with Crippen LogP contribution in [0, 0.1) is 6.92 Å². The molecule has 0 radical (unpaired) electrons. The maximum absolute atomic E-state index is 11.6. The normalized spacial score (nSPS) is 10.9. The maximum Gasteiger partial charge on any atom is 0.301 e. The van der Waals surface area contributed by atoms with Crippen molar-refractivity contribution in [2.45, 2.75) is 13.5 Å². The molecule has 0 saturated heterocycles. The van der Waals surface area contributed by atoms with Gasteiger partial charge in [0.25, 0.3) is 0 Å². The average Bonchev–Trinajstić information content (AvgIpc) is 3.04. The van der Waals surface area contributed by atoms with Gasteiger partial charge in [-0.3, -0.25) is 10.2 Å². The third kappa shape index (κ3) is 1.96. The zero-order valence-electron chi connectivity index (χ0n) is 11.0. The van der Waals surface area contributed by atoms with Gasteiger partial charge in [0.2, 0.25) is 0 Å². The largest absolute Gasteiger partial charge is 0.459 e. The van der Waals surface area contributed by atoms with E-state index in [0.717, 1.165) is 22.4 Å². The number of hydrogen-bond acceptors (Lipinski definition) is 4. The first kappa shape index (κ1) is 12.4. The second-order valence-electron chi connectivity index (χ2n) is 4.48. The van der Waals surface area contributed by atoms with E-state index in [1.165, 1.54) is 6.26 Å². The molecule has 102 valence electrons. The molecule has 6 heteroatoms. The third-order valence-electron chi connectivity index (χ3n) is 3.26. The minimum atomic E-state index is -0.438. The number of nitrogen functional groups attached to an aromatic ring is 1. The smallest absolute Gasteiger partial charge is 0.301 e. The summed E-state index contributed by atoms with van der Waals surface area (Å²) in [4.78, 5) is 16.1. The highest BCUT2D eigenvalue weighted by atomic mass is 16.3. The Hall–Kier alpha value is -2.60. The Kier molecular flexibility index (Phi) is 3.00. The number of hydrazine groups is 1. The fourth-order valence-electron chi connectivity index (χ4n) is 2.29. The molecule has 2 heterocycles. The number of imidazole rings is 1. The number of carbonyl (C=O) groups is 1. The van der Waals surface area contributed by atoms with E-state index < -0.39 is 5.91 Å². The molecular weight excluding hydrogens is 256 g/mol. The molecule has 3 N–H and O–H groups in total. The van der Waals surface area contributed by atoms with Gasteiger partial charge in [0.1, 0.15) is 5.82 Å². The van der Waals surface area contributed by atoms with Gasteiger partial charge in [-0.05, 0) is 25.1 Å². The molecule has 6 nitrogen and oxygen atoms in total. The number of aromatic nitrogens is 2. The third-order valence-corrected chi connectivity index (χ3v) is 3.26. The number of furan rings is 1. The summed E-state index contributed by atoms with van der Waals surface area (Å²) in [7, 11) is 0. The van der Waals surface area contributed by atoms with Crippen molar-refractivity contribution >= 4 is 16.9 Å². The number of carbonyl (C=O) groups excluding carboxylic acids is 1. The monoisotopic (exact) mass is 270 g/mol. The van der Waals surface area contributed by atoms with E-state index in [1.807, 2.05) is 35.8 Å². The molecule has 0 aliphatic rings. The highest BCUT2D eigenvalue weighted by Crippen LogP contribution is 2.19. The van der Waals surface area contributed by atoms with Crippen LogP contribution in [-0.2, 0) is 6.54 Å². The van der Waals surface area contributed by atoms with Crippen molar-refractivity contribution in [2.75, 3.05) is 0 Å².